The van der Waals surface area contributed by atoms with Crippen molar-refractivity contribution >= 4 is 23.2 Å². The maximum Gasteiger partial charge on any atom is 0.0645 e. The smallest absolute Gasteiger partial charge is 0.0645 e. The van der Waals surface area contributed by atoms with E-state index in [1.54, 1.807) is 0 Å². The predicted octanol–water partition coefficient (Wildman–Crippen LogP) is 7.50. The molecule has 0 aliphatic heterocycles. The van der Waals surface area contributed by atoms with Gasteiger partial charge in [-0.2, -0.15) is 0 Å². The first-order chi connectivity index (χ1) is 11.4. The van der Waals surface area contributed by atoms with Crippen molar-refractivity contribution in [2.24, 2.45) is 11.7 Å². The second-order valence-corrected chi connectivity index (χ2v) is 8.49. The molecule has 0 saturated carbocycles. The Bertz CT molecular complexity index is 453. The lowest BCUT2D eigenvalue weighted by atomic mass is 9.79. The minimum atomic E-state index is -0.313. The SMILES string of the molecule is CCCCCCCCCCC(C(Cl)c1ccccc1Cl)C(C)(C)N. The van der Waals surface area contributed by atoms with E-state index < -0.39 is 0 Å². The zero-order valence-corrected chi connectivity index (χ0v) is 17.2. The first kappa shape index (κ1) is 21.8. The second-order valence-electron chi connectivity index (χ2n) is 7.61. The largest absolute Gasteiger partial charge is 0.325 e. The Morgan fingerprint density at radius 2 is 1.50 bits per heavy atom. The summed E-state index contributed by atoms with van der Waals surface area (Å²) in [6.07, 6.45) is 11.6. The van der Waals surface area contributed by atoms with Crippen LogP contribution in [0.3, 0.4) is 0 Å². The maximum absolute atomic E-state index is 6.80. The molecule has 0 aliphatic rings. The van der Waals surface area contributed by atoms with E-state index in [0.717, 1.165) is 17.0 Å². The van der Waals surface area contributed by atoms with Crippen LogP contribution in [0.25, 0.3) is 0 Å². The standard InChI is InChI=1S/C21H35Cl2N/c1-4-5-6-7-8-9-10-11-15-18(21(2,3)24)20(23)17-14-12-13-16-19(17)22/h12-14,16,18,20H,4-11,15,24H2,1-3H3. The van der Waals surface area contributed by atoms with Crippen LogP contribution < -0.4 is 5.73 Å². The molecule has 0 heterocycles. The van der Waals surface area contributed by atoms with E-state index >= 15 is 0 Å². The fourth-order valence-corrected chi connectivity index (χ4v) is 4.26. The number of hydrogen-bond donors (Lipinski definition) is 1. The van der Waals surface area contributed by atoms with Crippen molar-refractivity contribution in [1.82, 2.24) is 0 Å². The lowest BCUT2D eigenvalue weighted by molar-refractivity contribution is 0.282. The Hall–Kier alpha value is -0.240. The number of hydrogen-bond acceptors (Lipinski definition) is 1. The third-order valence-corrected chi connectivity index (χ3v) is 5.76. The van der Waals surface area contributed by atoms with Gasteiger partial charge in [0.25, 0.3) is 0 Å². The summed E-state index contributed by atoms with van der Waals surface area (Å²) in [6.45, 7) is 6.42. The minimum absolute atomic E-state index is 0.136. The predicted molar refractivity (Wildman–Crippen MR) is 109 cm³/mol. The van der Waals surface area contributed by atoms with E-state index in [-0.39, 0.29) is 16.8 Å². The van der Waals surface area contributed by atoms with Crippen LogP contribution in [-0.4, -0.2) is 5.54 Å². The fourth-order valence-electron chi connectivity index (χ4n) is 3.31. The van der Waals surface area contributed by atoms with Crippen molar-refractivity contribution in [1.29, 1.82) is 0 Å². The van der Waals surface area contributed by atoms with E-state index in [1.165, 1.54) is 51.4 Å². The lowest BCUT2D eigenvalue weighted by Gasteiger charge is -2.35. The molecule has 138 valence electrons. The maximum atomic E-state index is 6.80. The van der Waals surface area contributed by atoms with Crippen molar-refractivity contribution in [3.05, 3.63) is 34.9 Å². The average Bonchev–Trinajstić information content (AvgIpc) is 2.52. The molecular formula is C21H35Cl2N. The number of benzene rings is 1. The second kappa shape index (κ2) is 11.4. The molecule has 0 radical (unpaired) electrons. The molecule has 0 aromatic heterocycles. The number of nitrogens with two attached hydrogens (primary N) is 1. The van der Waals surface area contributed by atoms with Crippen molar-refractivity contribution in [2.45, 2.75) is 89.5 Å². The van der Waals surface area contributed by atoms with Crippen LogP contribution in [0.4, 0.5) is 0 Å². The summed E-state index contributed by atoms with van der Waals surface area (Å²) in [5.41, 5.74) is 7.13. The van der Waals surface area contributed by atoms with Crippen molar-refractivity contribution < 1.29 is 0 Å². The van der Waals surface area contributed by atoms with E-state index in [4.69, 9.17) is 28.9 Å². The highest BCUT2D eigenvalue weighted by atomic mass is 35.5. The van der Waals surface area contributed by atoms with Gasteiger partial charge in [-0.1, -0.05) is 88.1 Å². The Morgan fingerprint density at radius 1 is 0.958 bits per heavy atom. The van der Waals surface area contributed by atoms with Crippen LogP contribution in [0.15, 0.2) is 24.3 Å². The first-order valence-corrected chi connectivity index (χ1v) is 10.4. The molecule has 1 rings (SSSR count). The van der Waals surface area contributed by atoms with E-state index in [0.29, 0.717) is 0 Å². The molecule has 3 heteroatoms. The van der Waals surface area contributed by atoms with Gasteiger partial charge in [0.2, 0.25) is 0 Å². The summed E-state index contributed by atoms with van der Waals surface area (Å²) >= 11 is 13.1. The van der Waals surface area contributed by atoms with Crippen molar-refractivity contribution in [3.8, 4) is 0 Å². The molecule has 0 amide bonds. The topological polar surface area (TPSA) is 26.0 Å². The molecule has 0 aliphatic carbocycles. The minimum Gasteiger partial charge on any atom is -0.325 e. The molecule has 24 heavy (non-hydrogen) atoms. The molecule has 2 atom stereocenters. The summed E-state index contributed by atoms with van der Waals surface area (Å²) in [5, 5.41) is 0.603. The summed E-state index contributed by atoms with van der Waals surface area (Å²) in [4.78, 5) is 0. The number of alkyl halides is 1. The average molecular weight is 372 g/mol. The lowest BCUT2D eigenvalue weighted by Crippen LogP contribution is -2.43. The molecule has 2 N–H and O–H groups in total. The Morgan fingerprint density at radius 3 is 2.04 bits per heavy atom. The Labute approximate surface area is 159 Å². The van der Waals surface area contributed by atoms with Gasteiger partial charge in [-0.15, -0.1) is 11.6 Å². The number of rotatable bonds is 12. The zero-order valence-electron chi connectivity index (χ0n) is 15.7. The molecule has 0 spiro atoms. The van der Waals surface area contributed by atoms with Gasteiger partial charge < -0.3 is 5.73 Å². The van der Waals surface area contributed by atoms with Crippen LogP contribution in [-0.2, 0) is 0 Å². The van der Waals surface area contributed by atoms with Gasteiger partial charge in [0.15, 0.2) is 0 Å². The highest BCUT2D eigenvalue weighted by Gasteiger charge is 2.32. The van der Waals surface area contributed by atoms with E-state index in [1.807, 2.05) is 24.3 Å². The molecule has 2 unspecified atom stereocenters. The first-order valence-electron chi connectivity index (χ1n) is 9.55. The zero-order chi connectivity index (χ0) is 18.0. The molecule has 0 bridgehead atoms. The molecule has 1 aromatic carbocycles. The van der Waals surface area contributed by atoms with Crippen LogP contribution in [0, 0.1) is 5.92 Å². The molecule has 0 saturated heterocycles. The van der Waals surface area contributed by atoms with Crippen LogP contribution in [0.2, 0.25) is 5.02 Å². The third kappa shape index (κ3) is 7.76. The van der Waals surface area contributed by atoms with Gasteiger partial charge in [0.1, 0.15) is 0 Å². The molecule has 1 nitrogen and oxygen atoms in total. The Balaban J connectivity index is 2.48. The monoisotopic (exact) mass is 371 g/mol. The van der Waals surface area contributed by atoms with Crippen molar-refractivity contribution in [3.63, 3.8) is 0 Å². The van der Waals surface area contributed by atoms with Gasteiger partial charge >= 0.3 is 0 Å². The summed E-state index contributed by atoms with van der Waals surface area (Å²) in [6, 6.07) is 7.86. The van der Waals surface area contributed by atoms with Crippen molar-refractivity contribution in [2.75, 3.05) is 0 Å². The summed E-state index contributed by atoms with van der Waals surface area (Å²) < 4.78 is 0. The normalized spacial score (nSPS) is 14.6. The summed E-state index contributed by atoms with van der Waals surface area (Å²) in [7, 11) is 0. The van der Waals surface area contributed by atoms with E-state index in [9.17, 15) is 0 Å². The molecular weight excluding hydrogens is 337 g/mol. The van der Waals surface area contributed by atoms with Crippen LogP contribution in [0.1, 0.15) is 89.5 Å². The highest BCUT2D eigenvalue weighted by molar-refractivity contribution is 6.32. The van der Waals surface area contributed by atoms with Crippen LogP contribution in [0.5, 0.6) is 0 Å². The molecule has 0 fully saturated rings. The highest BCUT2D eigenvalue weighted by Crippen LogP contribution is 2.40. The quantitative estimate of drug-likeness (QED) is 0.298. The number of unbranched alkanes of at least 4 members (excludes halogenated alkanes) is 7. The van der Waals surface area contributed by atoms with Gasteiger partial charge in [0, 0.05) is 10.6 Å². The van der Waals surface area contributed by atoms with Gasteiger partial charge in [0.05, 0.1) is 5.38 Å². The fraction of sp³-hybridized carbons (Fsp3) is 0.714. The number of halogens is 2. The van der Waals surface area contributed by atoms with E-state index in [2.05, 4.69) is 20.8 Å². The van der Waals surface area contributed by atoms with Gasteiger partial charge in [-0.3, -0.25) is 0 Å². The van der Waals surface area contributed by atoms with Gasteiger partial charge in [-0.25, -0.2) is 0 Å². The summed E-state index contributed by atoms with van der Waals surface area (Å²) in [5.74, 6) is 0.221. The van der Waals surface area contributed by atoms with Crippen LogP contribution >= 0.6 is 23.2 Å². The Kier molecular flexibility index (Phi) is 10.3. The third-order valence-electron chi connectivity index (χ3n) is 4.88. The molecule has 1 aromatic rings. The van der Waals surface area contributed by atoms with Gasteiger partial charge in [-0.05, 0) is 37.8 Å².